The van der Waals surface area contributed by atoms with Crippen molar-refractivity contribution in [1.29, 1.82) is 0 Å². The topological polar surface area (TPSA) is 84.0 Å². The summed E-state index contributed by atoms with van der Waals surface area (Å²) in [6.07, 6.45) is 1.68. The summed E-state index contributed by atoms with van der Waals surface area (Å²) in [5.41, 5.74) is 1.53. The Kier molecular flexibility index (Phi) is 5.48. The van der Waals surface area contributed by atoms with Gasteiger partial charge in [0, 0.05) is 18.4 Å². The monoisotopic (exact) mass is 438 g/mol. The van der Waals surface area contributed by atoms with Gasteiger partial charge in [0.1, 0.15) is 0 Å². The number of benzene rings is 1. The van der Waals surface area contributed by atoms with Crippen molar-refractivity contribution < 1.29 is 8.42 Å². The molecule has 0 saturated carbocycles. The first-order valence-corrected chi connectivity index (χ1v) is 10.5. The van der Waals surface area contributed by atoms with Crippen LogP contribution in [0.1, 0.15) is 6.92 Å². The number of nitrogens with zero attached hydrogens (tertiary/aromatic N) is 2. The predicted molar refractivity (Wildman–Crippen MR) is 104 cm³/mol. The zero-order chi connectivity index (χ0) is 17.9. The number of anilines is 2. The van der Waals surface area contributed by atoms with Gasteiger partial charge in [-0.05, 0) is 58.4 Å². The average molecular weight is 439 g/mol. The van der Waals surface area contributed by atoms with Crippen LogP contribution >= 0.6 is 27.3 Å². The molecule has 0 atom stereocenters. The lowest BCUT2D eigenvalue weighted by Crippen LogP contribution is -2.22. The Labute approximate surface area is 158 Å². The van der Waals surface area contributed by atoms with E-state index >= 15 is 0 Å². The molecule has 0 saturated heterocycles. The minimum absolute atomic E-state index is 0.220. The van der Waals surface area contributed by atoms with Crippen molar-refractivity contribution >= 4 is 48.9 Å². The third kappa shape index (κ3) is 4.43. The van der Waals surface area contributed by atoms with E-state index in [0.29, 0.717) is 18.2 Å². The Morgan fingerprint density at radius 1 is 1.12 bits per heavy atom. The van der Waals surface area contributed by atoms with Gasteiger partial charge >= 0.3 is 0 Å². The van der Waals surface area contributed by atoms with Crippen LogP contribution in [0.4, 0.5) is 11.6 Å². The minimum Gasteiger partial charge on any atom is -0.324 e. The fourth-order valence-corrected chi connectivity index (χ4v) is 4.52. The first kappa shape index (κ1) is 18.0. The van der Waals surface area contributed by atoms with Crippen LogP contribution in [-0.4, -0.2) is 24.9 Å². The zero-order valence-corrected chi connectivity index (χ0v) is 16.5. The predicted octanol–water partition coefficient (Wildman–Crippen LogP) is 4.01. The Morgan fingerprint density at radius 3 is 2.52 bits per heavy atom. The summed E-state index contributed by atoms with van der Waals surface area (Å²) >= 11 is 5.03. The molecule has 0 bridgehead atoms. The summed E-state index contributed by atoms with van der Waals surface area (Å²) in [6, 6.07) is 12.3. The maximum Gasteiger partial charge on any atom is 0.240 e. The van der Waals surface area contributed by atoms with Crippen LogP contribution in [0.15, 0.2) is 57.3 Å². The number of hydrogen-bond acceptors (Lipinski definition) is 6. The van der Waals surface area contributed by atoms with Gasteiger partial charge in [0.05, 0.1) is 19.3 Å². The van der Waals surface area contributed by atoms with Gasteiger partial charge in [-0.1, -0.05) is 6.92 Å². The van der Waals surface area contributed by atoms with Crippen LogP contribution < -0.4 is 10.0 Å². The third-order valence-electron chi connectivity index (χ3n) is 3.24. The second-order valence-corrected chi connectivity index (χ2v) is 9.25. The van der Waals surface area contributed by atoms with E-state index in [9.17, 15) is 8.42 Å². The number of thiophene rings is 1. The Balaban J connectivity index is 1.79. The highest BCUT2D eigenvalue weighted by Crippen LogP contribution is 2.30. The average Bonchev–Trinajstić information content (AvgIpc) is 3.02. The quantitative estimate of drug-likeness (QED) is 0.607. The summed E-state index contributed by atoms with van der Waals surface area (Å²) in [7, 11) is -3.45. The SMILES string of the molecule is CCNS(=O)(=O)c1ccc(Nc2nccc(-c3ccc(Br)s3)n2)cc1. The van der Waals surface area contributed by atoms with Crippen molar-refractivity contribution in [3.05, 3.63) is 52.4 Å². The molecular formula is C16H15BrN4O2S2. The Hall–Kier alpha value is -1.81. The fourth-order valence-electron chi connectivity index (χ4n) is 2.13. The van der Waals surface area contributed by atoms with Crippen molar-refractivity contribution in [2.24, 2.45) is 0 Å². The number of halogens is 1. The number of sulfonamides is 1. The maximum absolute atomic E-state index is 11.9. The molecule has 0 aliphatic rings. The molecule has 0 amide bonds. The van der Waals surface area contributed by atoms with E-state index in [4.69, 9.17) is 0 Å². The van der Waals surface area contributed by atoms with Gasteiger partial charge in [0.2, 0.25) is 16.0 Å². The fraction of sp³-hybridized carbons (Fsp3) is 0.125. The third-order valence-corrected chi connectivity index (χ3v) is 6.44. The molecule has 3 aromatic rings. The van der Waals surface area contributed by atoms with E-state index < -0.39 is 10.0 Å². The molecular weight excluding hydrogens is 424 g/mol. The minimum atomic E-state index is -3.45. The van der Waals surface area contributed by atoms with Crippen molar-refractivity contribution in [3.8, 4) is 10.6 Å². The van der Waals surface area contributed by atoms with Crippen LogP contribution in [0.5, 0.6) is 0 Å². The summed E-state index contributed by atoms with van der Waals surface area (Å²) in [5.74, 6) is 0.448. The van der Waals surface area contributed by atoms with Gasteiger partial charge in [-0.3, -0.25) is 0 Å². The Morgan fingerprint density at radius 2 is 1.88 bits per heavy atom. The van der Waals surface area contributed by atoms with Gasteiger partial charge in [-0.15, -0.1) is 11.3 Å². The van der Waals surface area contributed by atoms with Crippen molar-refractivity contribution in [1.82, 2.24) is 14.7 Å². The van der Waals surface area contributed by atoms with E-state index in [-0.39, 0.29) is 4.90 Å². The largest absolute Gasteiger partial charge is 0.324 e. The molecule has 1 aromatic carbocycles. The van der Waals surface area contributed by atoms with Gasteiger partial charge in [-0.2, -0.15) is 0 Å². The van der Waals surface area contributed by atoms with Gasteiger partial charge < -0.3 is 5.32 Å². The van der Waals surface area contributed by atoms with E-state index in [1.54, 1.807) is 48.7 Å². The first-order valence-electron chi connectivity index (χ1n) is 7.43. The van der Waals surface area contributed by atoms with Crippen LogP contribution in [0.2, 0.25) is 0 Å². The van der Waals surface area contributed by atoms with Gasteiger partial charge in [0.15, 0.2) is 0 Å². The molecule has 25 heavy (non-hydrogen) atoms. The molecule has 6 nitrogen and oxygen atoms in total. The van der Waals surface area contributed by atoms with Crippen molar-refractivity contribution in [2.75, 3.05) is 11.9 Å². The lowest BCUT2D eigenvalue weighted by molar-refractivity contribution is 0.584. The molecule has 9 heteroatoms. The van der Waals surface area contributed by atoms with Crippen LogP contribution in [0.25, 0.3) is 10.6 Å². The molecule has 0 radical (unpaired) electrons. The summed E-state index contributed by atoms with van der Waals surface area (Å²) in [5, 5.41) is 3.09. The number of rotatable bonds is 6. The van der Waals surface area contributed by atoms with Crippen molar-refractivity contribution in [3.63, 3.8) is 0 Å². The van der Waals surface area contributed by atoms with Crippen LogP contribution in [-0.2, 0) is 10.0 Å². The first-order chi connectivity index (χ1) is 12.0. The van der Waals surface area contributed by atoms with Crippen LogP contribution in [0, 0.1) is 0 Å². The van der Waals surface area contributed by atoms with E-state index in [1.165, 1.54) is 0 Å². The van der Waals surface area contributed by atoms with Crippen LogP contribution in [0.3, 0.4) is 0 Å². The highest BCUT2D eigenvalue weighted by molar-refractivity contribution is 9.11. The van der Waals surface area contributed by atoms with Gasteiger partial charge in [0.25, 0.3) is 0 Å². The molecule has 2 aromatic heterocycles. The number of hydrogen-bond donors (Lipinski definition) is 2. The highest BCUT2D eigenvalue weighted by Gasteiger charge is 2.12. The second kappa shape index (κ2) is 7.61. The molecule has 0 fully saturated rings. The summed E-state index contributed by atoms with van der Waals surface area (Å²) in [6.45, 7) is 2.09. The lowest BCUT2D eigenvalue weighted by Gasteiger charge is -2.08. The number of aromatic nitrogens is 2. The van der Waals surface area contributed by atoms with Crippen molar-refractivity contribution in [2.45, 2.75) is 11.8 Å². The smallest absolute Gasteiger partial charge is 0.240 e. The van der Waals surface area contributed by atoms with Gasteiger partial charge in [-0.25, -0.2) is 23.1 Å². The number of nitrogens with one attached hydrogen (secondary N) is 2. The highest BCUT2D eigenvalue weighted by atomic mass is 79.9. The molecule has 0 aliphatic heterocycles. The molecule has 130 valence electrons. The Bertz CT molecular complexity index is 972. The van der Waals surface area contributed by atoms with E-state index in [2.05, 4.69) is 35.9 Å². The maximum atomic E-state index is 11.9. The molecule has 2 N–H and O–H groups in total. The lowest BCUT2D eigenvalue weighted by atomic mass is 10.3. The molecule has 3 rings (SSSR count). The standard InChI is InChI=1S/C16H15BrN4O2S2/c1-2-19-25(22,23)12-5-3-11(4-6-12)20-16-18-10-9-13(21-16)14-7-8-15(17)24-14/h3-10,19H,2H2,1H3,(H,18,20,21). The second-order valence-electron chi connectivity index (χ2n) is 5.02. The van der Waals surface area contributed by atoms with E-state index in [0.717, 1.165) is 14.4 Å². The summed E-state index contributed by atoms with van der Waals surface area (Å²) < 4.78 is 27.4. The van der Waals surface area contributed by atoms with E-state index in [1.807, 2.05) is 18.2 Å². The summed E-state index contributed by atoms with van der Waals surface area (Å²) in [4.78, 5) is 9.95. The molecule has 2 heterocycles. The molecule has 0 unspecified atom stereocenters. The molecule has 0 spiro atoms. The molecule has 0 aliphatic carbocycles. The normalized spacial score (nSPS) is 11.4. The zero-order valence-electron chi connectivity index (χ0n) is 13.2.